The van der Waals surface area contributed by atoms with Crippen molar-refractivity contribution in [3.63, 3.8) is 0 Å². The number of carbonyl (C=O) groups is 1. The van der Waals surface area contributed by atoms with E-state index in [-0.39, 0.29) is 12.8 Å². The zero-order chi connectivity index (χ0) is 11.7. The number of aliphatic hydroxyl groups excluding tert-OH is 2. The van der Waals surface area contributed by atoms with Gasteiger partial charge in [0.1, 0.15) is 0 Å². The van der Waals surface area contributed by atoms with Gasteiger partial charge in [-0.3, -0.25) is 4.79 Å². The van der Waals surface area contributed by atoms with Crippen molar-refractivity contribution in [2.75, 3.05) is 7.11 Å². The predicted octanol–water partition coefficient (Wildman–Crippen LogP) is 0.794. The summed E-state index contributed by atoms with van der Waals surface area (Å²) in [4.78, 5) is 10.8. The SMILES string of the molecule is C/C=C/C=C/C(O)CC(O)CC(=O)OC. The van der Waals surface area contributed by atoms with Gasteiger partial charge in [0.15, 0.2) is 0 Å². The van der Waals surface area contributed by atoms with Crippen LogP contribution >= 0.6 is 0 Å². The third-order valence-corrected chi connectivity index (χ3v) is 1.78. The summed E-state index contributed by atoms with van der Waals surface area (Å²) in [6.45, 7) is 1.86. The van der Waals surface area contributed by atoms with Crippen LogP contribution in [0.3, 0.4) is 0 Å². The molecule has 0 rings (SSSR count). The van der Waals surface area contributed by atoms with Crippen molar-refractivity contribution in [1.29, 1.82) is 0 Å². The molecular formula is C11H18O4. The van der Waals surface area contributed by atoms with Crippen LogP contribution in [0.25, 0.3) is 0 Å². The van der Waals surface area contributed by atoms with Gasteiger partial charge in [0.05, 0.1) is 25.7 Å². The van der Waals surface area contributed by atoms with Crippen LogP contribution in [0.4, 0.5) is 0 Å². The topological polar surface area (TPSA) is 66.8 Å². The second-order valence-corrected chi connectivity index (χ2v) is 3.15. The third kappa shape index (κ3) is 7.90. The second kappa shape index (κ2) is 8.20. The molecule has 0 radical (unpaired) electrons. The van der Waals surface area contributed by atoms with Gasteiger partial charge in [-0.1, -0.05) is 24.3 Å². The lowest BCUT2D eigenvalue weighted by molar-refractivity contribution is -0.143. The molecule has 2 N–H and O–H groups in total. The Morgan fingerprint density at radius 3 is 2.60 bits per heavy atom. The number of allylic oxidation sites excluding steroid dienone is 3. The highest BCUT2D eigenvalue weighted by atomic mass is 16.5. The molecule has 0 aliphatic heterocycles. The summed E-state index contributed by atoms with van der Waals surface area (Å²) in [5.41, 5.74) is 0. The average molecular weight is 214 g/mol. The quantitative estimate of drug-likeness (QED) is 0.507. The van der Waals surface area contributed by atoms with Gasteiger partial charge < -0.3 is 14.9 Å². The van der Waals surface area contributed by atoms with Crippen LogP contribution in [0.5, 0.6) is 0 Å². The van der Waals surface area contributed by atoms with Crippen molar-refractivity contribution in [2.45, 2.75) is 32.0 Å². The molecule has 0 aromatic carbocycles. The van der Waals surface area contributed by atoms with E-state index in [2.05, 4.69) is 4.74 Å². The van der Waals surface area contributed by atoms with Crippen LogP contribution in [0.1, 0.15) is 19.8 Å². The van der Waals surface area contributed by atoms with E-state index in [1.165, 1.54) is 7.11 Å². The summed E-state index contributed by atoms with van der Waals surface area (Å²) >= 11 is 0. The highest BCUT2D eigenvalue weighted by molar-refractivity contribution is 5.69. The lowest BCUT2D eigenvalue weighted by atomic mass is 10.1. The first kappa shape index (κ1) is 13.9. The Kier molecular flexibility index (Phi) is 7.58. The molecule has 2 unspecified atom stereocenters. The first-order chi connectivity index (χ1) is 7.10. The Morgan fingerprint density at radius 1 is 1.40 bits per heavy atom. The summed E-state index contributed by atoms with van der Waals surface area (Å²) in [7, 11) is 1.26. The highest BCUT2D eigenvalue weighted by Gasteiger charge is 2.13. The molecule has 15 heavy (non-hydrogen) atoms. The molecule has 0 fully saturated rings. The van der Waals surface area contributed by atoms with Crippen LogP contribution in [0, 0.1) is 0 Å². The molecule has 0 amide bonds. The van der Waals surface area contributed by atoms with Crippen LogP contribution in [0.15, 0.2) is 24.3 Å². The molecule has 0 aliphatic carbocycles. The van der Waals surface area contributed by atoms with Gasteiger partial charge in [0, 0.05) is 6.42 Å². The number of hydrogen-bond acceptors (Lipinski definition) is 4. The normalized spacial score (nSPS) is 15.7. The Hall–Kier alpha value is -1.13. The number of carbonyl (C=O) groups excluding carboxylic acids is 1. The van der Waals surface area contributed by atoms with Gasteiger partial charge >= 0.3 is 5.97 Å². The van der Waals surface area contributed by atoms with E-state index in [4.69, 9.17) is 0 Å². The fourth-order valence-corrected chi connectivity index (χ4v) is 1.02. The van der Waals surface area contributed by atoms with Crippen molar-refractivity contribution in [2.24, 2.45) is 0 Å². The average Bonchev–Trinajstić information content (AvgIpc) is 2.17. The summed E-state index contributed by atoms with van der Waals surface area (Å²) in [6.07, 6.45) is 5.26. The van der Waals surface area contributed by atoms with E-state index in [0.29, 0.717) is 0 Å². The standard InChI is InChI=1S/C11H18O4/c1-3-4-5-6-9(12)7-10(13)8-11(14)15-2/h3-6,9-10,12-13H,7-8H2,1-2H3/b4-3+,6-5+. The Balaban J connectivity index is 3.85. The Labute approximate surface area is 89.9 Å². The molecule has 0 bridgehead atoms. The first-order valence-corrected chi connectivity index (χ1v) is 4.82. The van der Waals surface area contributed by atoms with Crippen LogP contribution in [-0.4, -0.2) is 35.5 Å². The van der Waals surface area contributed by atoms with Crippen LogP contribution < -0.4 is 0 Å². The molecule has 0 aliphatic rings. The number of hydrogen-bond donors (Lipinski definition) is 2. The maximum absolute atomic E-state index is 10.8. The van der Waals surface area contributed by atoms with Gasteiger partial charge in [0.2, 0.25) is 0 Å². The number of esters is 1. The van der Waals surface area contributed by atoms with Crippen LogP contribution in [0.2, 0.25) is 0 Å². The Morgan fingerprint density at radius 2 is 2.07 bits per heavy atom. The molecule has 86 valence electrons. The second-order valence-electron chi connectivity index (χ2n) is 3.15. The van der Waals surface area contributed by atoms with Gasteiger partial charge in [-0.2, -0.15) is 0 Å². The zero-order valence-corrected chi connectivity index (χ0v) is 9.09. The zero-order valence-electron chi connectivity index (χ0n) is 9.09. The van der Waals surface area contributed by atoms with Crippen molar-refractivity contribution in [1.82, 2.24) is 0 Å². The highest BCUT2D eigenvalue weighted by Crippen LogP contribution is 2.04. The minimum atomic E-state index is -0.872. The van der Waals surface area contributed by atoms with Crippen molar-refractivity contribution in [3.8, 4) is 0 Å². The fourth-order valence-electron chi connectivity index (χ4n) is 1.02. The monoisotopic (exact) mass is 214 g/mol. The van der Waals surface area contributed by atoms with Gasteiger partial charge in [-0.05, 0) is 6.92 Å². The first-order valence-electron chi connectivity index (χ1n) is 4.82. The van der Waals surface area contributed by atoms with E-state index in [9.17, 15) is 15.0 Å². The summed E-state index contributed by atoms with van der Waals surface area (Å²) < 4.78 is 4.39. The van der Waals surface area contributed by atoms with Gasteiger partial charge in [-0.15, -0.1) is 0 Å². The van der Waals surface area contributed by atoms with Crippen molar-refractivity contribution in [3.05, 3.63) is 24.3 Å². The van der Waals surface area contributed by atoms with Gasteiger partial charge in [-0.25, -0.2) is 0 Å². The molecule has 0 spiro atoms. The third-order valence-electron chi connectivity index (χ3n) is 1.78. The molecule has 0 saturated carbocycles. The lowest BCUT2D eigenvalue weighted by Gasteiger charge is -2.11. The minimum Gasteiger partial charge on any atom is -0.469 e. The maximum atomic E-state index is 10.8. The molecule has 0 heterocycles. The van der Waals surface area contributed by atoms with E-state index < -0.39 is 18.2 Å². The maximum Gasteiger partial charge on any atom is 0.308 e. The summed E-state index contributed by atoms with van der Waals surface area (Å²) in [5, 5.41) is 18.8. The minimum absolute atomic E-state index is 0.0922. The number of methoxy groups -OCH3 is 1. The molecule has 0 saturated heterocycles. The number of ether oxygens (including phenoxy) is 1. The summed E-state index contributed by atoms with van der Waals surface area (Å²) in [6, 6.07) is 0. The smallest absolute Gasteiger partial charge is 0.308 e. The van der Waals surface area contributed by atoms with E-state index >= 15 is 0 Å². The van der Waals surface area contributed by atoms with Crippen LogP contribution in [-0.2, 0) is 9.53 Å². The summed E-state index contributed by atoms with van der Waals surface area (Å²) in [5.74, 6) is -0.480. The Bertz CT molecular complexity index is 233. The molecule has 4 heteroatoms. The van der Waals surface area contributed by atoms with Gasteiger partial charge in [0.25, 0.3) is 0 Å². The number of aliphatic hydroxyl groups is 2. The molecule has 0 aromatic heterocycles. The van der Waals surface area contributed by atoms with E-state index in [1.54, 1.807) is 18.2 Å². The largest absolute Gasteiger partial charge is 0.469 e. The fraction of sp³-hybridized carbons (Fsp3) is 0.545. The van der Waals surface area contributed by atoms with Crippen molar-refractivity contribution < 1.29 is 19.7 Å². The molecule has 2 atom stereocenters. The molecular weight excluding hydrogens is 196 g/mol. The van der Waals surface area contributed by atoms with E-state index in [0.717, 1.165) is 0 Å². The molecule has 0 aromatic rings. The van der Waals surface area contributed by atoms with Crippen molar-refractivity contribution >= 4 is 5.97 Å². The van der Waals surface area contributed by atoms with E-state index in [1.807, 2.05) is 13.0 Å². The predicted molar refractivity (Wildman–Crippen MR) is 57.2 cm³/mol. The lowest BCUT2D eigenvalue weighted by Crippen LogP contribution is -2.20. The number of rotatable bonds is 6. The molecule has 4 nitrogen and oxygen atoms in total.